The number of aromatic nitrogens is 4. The van der Waals surface area contributed by atoms with Crippen molar-refractivity contribution in [1.82, 2.24) is 19.6 Å². The van der Waals surface area contributed by atoms with Gasteiger partial charge in [-0.2, -0.15) is 0 Å². The maximum Gasteiger partial charge on any atom is 0.214 e. The SMILES string of the molecule is CC1CCOCCN1c1nn2cc(-c3cccnc3)nc2s1. The molecule has 0 N–H and O–H groups in total. The van der Waals surface area contributed by atoms with Gasteiger partial charge < -0.3 is 9.64 Å². The van der Waals surface area contributed by atoms with Crippen molar-refractivity contribution in [1.29, 1.82) is 0 Å². The van der Waals surface area contributed by atoms with Crippen LogP contribution < -0.4 is 4.90 Å². The smallest absolute Gasteiger partial charge is 0.214 e. The predicted octanol–water partition coefficient (Wildman–Crippen LogP) is 2.47. The minimum Gasteiger partial charge on any atom is -0.380 e. The van der Waals surface area contributed by atoms with Crippen molar-refractivity contribution in [3.05, 3.63) is 30.7 Å². The third-order valence-corrected chi connectivity index (χ3v) is 4.88. The Hall–Kier alpha value is -1.99. The van der Waals surface area contributed by atoms with E-state index in [9.17, 15) is 0 Å². The number of nitrogens with zero attached hydrogens (tertiary/aromatic N) is 5. The molecule has 4 rings (SSSR count). The van der Waals surface area contributed by atoms with Crippen LogP contribution in [0.25, 0.3) is 16.2 Å². The van der Waals surface area contributed by atoms with Gasteiger partial charge in [0.15, 0.2) is 0 Å². The van der Waals surface area contributed by atoms with Gasteiger partial charge in [-0.05, 0) is 25.5 Å². The van der Waals surface area contributed by atoms with Crippen molar-refractivity contribution >= 4 is 21.4 Å². The zero-order valence-electron chi connectivity index (χ0n) is 12.3. The van der Waals surface area contributed by atoms with E-state index in [4.69, 9.17) is 9.84 Å². The van der Waals surface area contributed by atoms with Crippen LogP contribution in [-0.4, -0.2) is 45.4 Å². The maximum atomic E-state index is 5.55. The summed E-state index contributed by atoms with van der Waals surface area (Å²) in [4.78, 5) is 12.0. The van der Waals surface area contributed by atoms with E-state index in [1.54, 1.807) is 17.5 Å². The molecule has 0 amide bonds. The lowest BCUT2D eigenvalue weighted by Crippen LogP contribution is -2.33. The van der Waals surface area contributed by atoms with Crippen LogP contribution >= 0.6 is 11.3 Å². The lowest BCUT2D eigenvalue weighted by Gasteiger charge is -2.24. The molecular weight excluding hydrogens is 298 g/mol. The van der Waals surface area contributed by atoms with Crippen LogP contribution in [0.2, 0.25) is 0 Å². The van der Waals surface area contributed by atoms with Gasteiger partial charge in [0.2, 0.25) is 10.1 Å². The molecule has 0 bridgehead atoms. The van der Waals surface area contributed by atoms with E-state index in [2.05, 4.69) is 21.8 Å². The molecule has 1 aliphatic rings. The molecule has 22 heavy (non-hydrogen) atoms. The molecule has 114 valence electrons. The Bertz CT molecular complexity index is 737. The van der Waals surface area contributed by atoms with Crippen molar-refractivity contribution in [2.24, 2.45) is 0 Å². The summed E-state index contributed by atoms with van der Waals surface area (Å²) in [5, 5.41) is 5.71. The monoisotopic (exact) mass is 315 g/mol. The number of hydrogen-bond acceptors (Lipinski definition) is 6. The Labute approximate surface area is 132 Å². The minimum atomic E-state index is 0.441. The molecule has 1 aliphatic heterocycles. The van der Waals surface area contributed by atoms with Gasteiger partial charge in [-0.25, -0.2) is 9.50 Å². The summed E-state index contributed by atoms with van der Waals surface area (Å²) < 4.78 is 7.42. The van der Waals surface area contributed by atoms with Gasteiger partial charge in [0, 0.05) is 37.2 Å². The maximum absolute atomic E-state index is 5.55. The summed E-state index contributed by atoms with van der Waals surface area (Å²) in [6.07, 6.45) is 6.58. The van der Waals surface area contributed by atoms with E-state index in [1.165, 1.54) is 0 Å². The van der Waals surface area contributed by atoms with Crippen molar-refractivity contribution in [3.63, 3.8) is 0 Å². The van der Waals surface area contributed by atoms with E-state index in [0.29, 0.717) is 6.04 Å². The van der Waals surface area contributed by atoms with E-state index < -0.39 is 0 Å². The number of rotatable bonds is 2. The fourth-order valence-electron chi connectivity index (χ4n) is 2.64. The van der Waals surface area contributed by atoms with E-state index >= 15 is 0 Å². The number of anilines is 1. The summed E-state index contributed by atoms with van der Waals surface area (Å²) in [5.41, 5.74) is 1.92. The van der Waals surface area contributed by atoms with Gasteiger partial charge in [-0.15, -0.1) is 5.10 Å². The van der Waals surface area contributed by atoms with Gasteiger partial charge >= 0.3 is 0 Å². The average Bonchev–Trinajstić information content (AvgIpc) is 3.03. The van der Waals surface area contributed by atoms with E-state index in [1.807, 2.05) is 29.0 Å². The van der Waals surface area contributed by atoms with Gasteiger partial charge in [-0.3, -0.25) is 4.98 Å². The molecule has 1 fully saturated rings. The summed E-state index contributed by atoms with van der Waals surface area (Å²) in [6, 6.07) is 4.37. The summed E-state index contributed by atoms with van der Waals surface area (Å²) in [6.45, 7) is 4.69. The van der Waals surface area contributed by atoms with Crippen LogP contribution in [-0.2, 0) is 4.74 Å². The molecule has 0 spiro atoms. The topological polar surface area (TPSA) is 55.5 Å². The normalized spacial score (nSPS) is 19.5. The fraction of sp³-hybridized carbons (Fsp3) is 0.400. The van der Waals surface area contributed by atoms with Crippen molar-refractivity contribution in [2.45, 2.75) is 19.4 Å². The van der Waals surface area contributed by atoms with Crippen molar-refractivity contribution < 1.29 is 4.74 Å². The highest BCUT2D eigenvalue weighted by atomic mass is 32.1. The van der Waals surface area contributed by atoms with Crippen LogP contribution in [0.5, 0.6) is 0 Å². The molecule has 3 aromatic rings. The molecule has 0 saturated carbocycles. The highest BCUT2D eigenvalue weighted by Gasteiger charge is 2.21. The Morgan fingerprint density at radius 1 is 1.36 bits per heavy atom. The van der Waals surface area contributed by atoms with Crippen LogP contribution in [0, 0.1) is 0 Å². The molecule has 1 atom stereocenters. The van der Waals surface area contributed by atoms with Crippen molar-refractivity contribution in [3.8, 4) is 11.3 Å². The quantitative estimate of drug-likeness (QED) is 0.727. The second-order valence-electron chi connectivity index (χ2n) is 5.42. The van der Waals surface area contributed by atoms with Gasteiger partial charge in [-0.1, -0.05) is 11.3 Å². The van der Waals surface area contributed by atoms with Gasteiger partial charge in [0.1, 0.15) is 0 Å². The molecule has 6 nitrogen and oxygen atoms in total. The first-order valence-corrected chi connectivity index (χ1v) is 8.24. The summed E-state index contributed by atoms with van der Waals surface area (Å²) in [5.74, 6) is 0. The van der Waals surface area contributed by atoms with Crippen LogP contribution in [0.3, 0.4) is 0 Å². The standard InChI is InChI=1S/C15H17N5OS/c1-11-4-7-21-8-6-19(11)15-18-20-10-13(17-14(20)22-15)12-3-2-5-16-9-12/h2-3,5,9-11H,4,6-8H2,1H3. The minimum absolute atomic E-state index is 0.441. The third kappa shape index (κ3) is 2.46. The molecule has 4 heterocycles. The van der Waals surface area contributed by atoms with Crippen molar-refractivity contribution in [2.75, 3.05) is 24.7 Å². The van der Waals surface area contributed by atoms with Crippen LogP contribution in [0.15, 0.2) is 30.7 Å². The second-order valence-corrected chi connectivity index (χ2v) is 6.36. The third-order valence-electron chi connectivity index (χ3n) is 3.92. The molecule has 0 aliphatic carbocycles. The lowest BCUT2D eigenvalue weighted by atomic mass is 10.2. The molecule has 0 radical (unpaired) electrons. The Morgan fingerprint density at radius 3 is 3.14 bits per heavy atom. The molecule has 1 saturated heterocycles. The summed E-state index contributed by atoms with van der Waals surface area (Å²) >= 11 is 1.62. The first kappa shape index (κ1) is 13.7. The number of imidazole rings is 1. The van der Waals surface area contributed by atoms with Gasteiger partial charge in [0.05, 0.1) is 18.5 Å². The Balaban J connectivity index is 1.66. The fourth-order valence-corrected chi connectivity index (χ4v) is 3.65. The molecule has 1 unspecified atom stereocenters. The molecule has 3 aromatic heterocycles. The number of ether oxygens (including phenoxy) is 1. The highest BCUT2D eigenvalue weighted by Crippen LogP contribution is 2.28. The summed E-state index contributed by atoms with van der Waals surface area (Å²) in [7, 11) is 0. The number of pyridine rings is 1. The first-order chi connectivity index (χ1) is 10.8. The highest BCUT2D eigenvalue weighted by molar-refractivity contribution is 7.20. The Kier molecular flexibility index (Phi) is 3.51. The zero-order chi connectivity index (χ0) is 14.9. The Morgan fingerprint density at radius 2 is 2.32 bits per heavy atom. The average molecular weight is 315 g/mol. The van der Waals surface area contributed by atoms with E-state index in [0.717, 1.165) is 47.5 Å². The molecule has 0 aromatic carbocycles. The van der Waals surface area contributed by atoms with E-state index in [-0.39, 0.29) is 0 Å². The number of hydrogen-bond donors (Lipinski definition) is 0. The molecule has 7 heteroatoms. The van der Waals surface area contributed by atoms with Crippen LogP contribution in [0.4, 0.5) is 5.13 Å². The first-order valence-electron chi connectivity index (χ1n) is 7.42. The van der Waals surface area contributed by atoms with Crippen LogP contribution in [0.1, 0.15) is 13.3 Å². The number of fused-ring (bicyclic) bond motifs is 1. The zero-order valence-corrected chi connectivity index (χ0v) is 13.2. The second kappa shape index (κ2) is 5.66. The predicted molar refractivity (Wildman–Crippen MR) is 86.3 cm³/mol. The van der Waals surface area contributed by atoms with Gasteiger partial charge in [0.25, 0.3) is 0 Å². The lowest BCUT2D eigenvalue weighted by molar-refractivity contribution is 0.150. The largest absolute Gasteiger partial charge is 0.380 e. The molecular formula is C15H17N5OS.